The van der Waals surface area contributed by atoms with Crippen LogP contribution in [0.15, 0.2) is 312 Å². The molecule has 0 radical (unpaired) electrons. The van der Waals surface area contributed by atoms with Crippen molar-refractivity contribution in [2.45, 2.75) is 104 Å². The van der Waals surface area contributed by atoms with Crippen LogP contribution in [0.25, 0.3) is 83.9 Å². The molecule has 0 saturated carbocycles. The Morgan fingerprint density at radius 3 is 1.96 bits per heavy atom. The molecule has 28 nitrogen and oxygen atoms in total. The molecule has 1 atom stereocenters. The second kappa shape index (κ2) is 46.3. The Kier molecular flexibility index (Phi) is 31.4. The highest BCUT2D eigenvalue weighted by molar-refractivity contribution is 7.84. The maximum Gasteiger partial charge on any atom is 0.267 e. The number of pyridine rings is 6. The van der Waals surface area contributed by atoms with Gasteiger partial charge in [-0.3, -0.25) is 78.0 Å². The van der Waals surface area contributed by atoms with Crippen molar-refractivity contribution in [2.24, 2.45) is 26.4 Å². The quantitative estimate of drug-likeness (QED) is 0.0436. The third-order valence-electron chi connectivity index (χ3n) is 26.0. The molecule has 750 valence electrons. The van der Waals surface area contributed by atoms with E-state index in [9.17, 15) is 27.4 Å². The third kappa shape index (κ3) is 24.1. The number of nitrogens with one attached hydrogen (secondary N) is 2. The number of para-hydroxylation sites is 2. The molecule has 5 aliphatic rings. The van der Waals surface area contributed by atoms with Crippen molar-refractivity contribution in [2.75, 3.05) is 61.1 Å². The summed E-state index contributed by atoms with van der Waals surface area (Å²) in [5, 5.41) is 17.4. The number of allylic oxidation sites excluding steroid dienone is 3. The first-order valence-corrected chi connectivity index (χ1v) is 52.0. The van der Waals surface area contributed by atoms with E-state index in [1.165, 1.54) is 48.0 Å². The maximum atomic E-state index is 14.0. The predicted molar refractivity (Wildman–Crippen MR) is 592 cm³/mol. The van der Waals surface area contributed by atoms with Crippen LogP contribution in [0.1, 0.15) is 159 Å². The van der Waals surface area contributed by atoms with Crippen molar-refractivity contribution in [1.29, 1.82) is 0 Å². The van der Waals surface area contributed by atoms with Crippen molar-refractivity contribution >= 4 is 147 Å². The van der Waals surface area contributed by atoms with E-state index in [0.717, 1.165) is 248 Å². The van der Waals surface area contributed by atoms with Crippen LogP contribution in [0.5, 0.6) is 0 Å². The minimum Gasteiger partial charge on any atom is -0.377 e. The number of primary amides is 2. The molecule has 1 saturated heterocycles. The summed E-state index contributed by atoms with van der Waals surface area (Å²) in [4.78, 5) is 106. The largest absolute Gasteiger partial charge is 0.377 e. The lowest BCUT2D eigenvalue weighted by Crippen LogP contribution is -2.46. The van der Waals surface area contributed by atoms with Crippen LogP contribution in [-0.4, -0.2) is 164 Å². The zero-order valence-electron chi connectivity index (χ0n) is 83.5. The molecule has 33 heteroatoms. The van der Waals surface area contributed by atoms with Crippen LogP contribution >= 0.6 is 22.9 Å². The molecule has 0 spiro atoms. The highest BCUT2D eigenvalue weighted by Gasteiger charge is 2.31. The van der Waals surface area contributed by atoms with Gasteiger partial charge in [0.15, 0.2) is 5.65 Å². The fraction of sp³-hybridized carbons (Fsp3) is 0.188. The molecular weight excluding hydrogens is 1940 g/mol. The van der Waals surface area contributed by atoms with Gasteiger partial charge in [0.1, 0.15) is 40.2 Å². The molecule has 0 bridgehead atoms. The highest BCUT2D eigenvalue weighted by Crippen LogP contribution is 2.44. The van der Waals surface area contributed by atoms with Crippen molar-refractivity contribution in [3.8, 4) is 22.5 Å². The van der Waals surface area contributed by atoms with Gasteiger partial charge >= 0.3 is 0 Å². The number of fused-ring (bicyclic) bond motifs is 4. The summed E-state index contributed by atoms with van der Waals surface area (Å²) < 4.78 is 42.8. The number of benzene rings is 7. The normalized spacial score (nSPS) is 13.9. The Balaban J connectivity index is 0.000000118. The molecule has 1 fully saturated rings. The molecule has 18 aromatic rings. The summed E-state index contributed by atoms with van der Waals surface area (Å²) in [6.45, 7) is 18.6. The van der Waals surface area contributed by atoms with Gasteiger partial charge in [-0.1, -0.05) is 103 Å². The monoisotopic (exact) mass is 2050 g/mol. The Morgan fingerprint density at radius 1 is 0.547 bits per heavy atom. The molecule has 16 heterocycles. The number of nitrogens with zero attached hydrogens (tertiary/aromatic N) is 20. The summed E-state index contributed by atoms with van der Waals surface area (Å²) in [5.74, 6) is 0.103. The summed E-state index contributed by atoms with van der Waals surface area (Å²) >= 11 is 7.62. The van der Waals surface area contributed by atoms with Crippen LogP contribution in [-0.2, 0) is 36.6 Å². The number of aliphatic imine (C=N–C) groups is 3. The van der Waals surface area contributed by atoms with E-state index in [1.54, 1.807) is 96.5 Å². The fourth-order valence-corrected chi connectivity index (χ4v) is 20.3. The topological polar surface area (TPSA) is 365 Å². The molecule has 0 aliphatic carbocycles. The Hall–Kier alpha value is -17.1. The number of hydrogen-bond acceptors (Lipinski definition) is 24. The van der Waals surface area contributed by atoms with E-state index in [0.29, 0.717) is 71.1 Å². The average molecular weight is 2050 g/mol. The van der Waals surface area contributed by atoms with Gasteiger partial charge in [0.05, 0.1) is 96.3 Å². The SMILES string of the molecule is CCCN1CCN(c2cc(Cc3ncc(C(=O)Nc4c(C)cccc4Cl)s3)nc(C)n2)CC1.CS(=O)c1ccc(C2=NC(c3ccncc3)=C(c3ccc(F)cc3)C2)cc1.Cc1cccc(-c2nn3c(c2-c2ccnc4ccc(C(N)=O)cc24)CCC3)n1.Cc1cccc(C2=C(c3ccc4nccnc4c3)CC(Cc3cccc(C(N)=O)c3)=N2)n1.Cc1cccc(C2=C(c3ccc4ncnn4c3)N=C(CNc3ccccc3F)C2)n1. The lowest BCUT2D eigenvalue weighted by Gasteiger charge is -2.35. The van der Waals surface area contributed by atoms with Gasteiger partial charge in [-0.2, -0.15) is 10.2 Å². The van der Waals surface area contributed by atoms with Crippen LogP contribution < -0.4 is 27.0 Å². The lowest BCUT2D eigenvalue weighted by molar-refractivity contribution is 0.0992. The number of rotatable bonds is 24. The number of hydrogen-bond donors (Lipinski definition) is 4. The highest BCUT2D eigenvalue weighted by atomic mass is 35.5. The molecule has 23 rings (SSSR count). The van der Waals surface area contributed by atoms with E-state index < -0.39 is 22.6 Å². The van der Waals surface area contributed by atoms with Gasteiger partial charge in [-0.25, -0.2) is 33.2 Å². The first-order chi connectivity index (χ1) is 72.9. The number of carbonyl (C=O) groups is 3. The van der Waals surface area contributed by atoms with Crippen LogP contribution in [0.3, 0.4) is 0 Å². The van der Waals surface area contributed by atoms with Gasteiger partial charge in [0.2, 0.25) is 11.8 Å². The minimum absolute atomic E-state index is 0.209. The summed E-state index contributed by atoms with van der Waals surface area (Å²) in [7, 11) is -1.01. The van der Waals surface area contributed by atoms with Gasteiger partial charge in [-0.05, 0) is 257 Å². The number of halogens is 3. The second-order valence-electron chi connectivity index (χ2n) is 36.7. The van der Waals surface area contributed by atoms with Crippen molar-refractivity contribution < 1.29 is 27.4 Å². The van der Waals surface area contributed by atoms with Crippen LogP contribution in [0.4, 0.5) is 26.0 Å². The van der Waals surface area contributed by atoms with Crippen molar-refractivity contribution in [3.63, 3.8) is 0 Å². The second-order valence-corrected chi connectivity index (χ2v) is 39.6. The third-order valence-corrected chi connectivity index (χ3v) is 28.3. The molecule has 3 amide bonds. The number of thiazole rings is 1. The number of aromatic nitrogens is 15. The zero-order chi connectivity index (χ0) is 104. The number of carbonyl (C=O) groups excluding carboxylic acids is 3. The lowest BCUT2D eigenvalue weighted by atomic mass is 9.95. The van der Waals surface area contributed by atoms with E-state index in [1.807, 2.05) is 199 Å². The van der Waals surface area contributed by atoms with Crippen molar-refractivity contribution in [1.82, 2.24) is 79.1 Å². The van der Waals surface area contributed by atoms with Gasteiger partial charge < -0.3 is 27.0 Å². The maximum absolute atomic E-state index is 14.0. The number of aryl methyl sites for hydroxylation is 6. The number of nitrogens with two attached hydrogens (primary N) is 2. The van der Waals surface area contributed by atoms with Gasteiger partial charge in [0.25, 0.3) is 5.91 Å². The number of anilines is 3. The van der Waals surface area contributed by atoms with Crippen molar-refractivity contribution in [3.05, 3.63) is 415 Å². The van der Waals surface area contributed by atoms with E-state index in [4.69, 9.17) is 58.1 Å². The first-order valence-electron chi connectivity index (χ1n) is 49.2. The molecule has 1 unspecified atom stereocenters. The molecule has 5 aliphatic heterocycles. The fourth-order valence-electron chi connectivity index (χ4n) is 18.7. The van der Waals surface area contributed by atoms with Gasteiger partial charge in [-0.15, -0.1) is 11.3 Å². The summed E-state index contributed by atoms with van der Waals surface area (Å²) in [5.41, 5.74) is 42.4. The zero-order valence-corrected chi connectivity index (χ0v) is 85.9. The Morgan fingerprint density at radius 2 is 1.21 bits per heavy atom. The van der Waals surface area contributed by atoms with Crippen LogP contribution in [0.2, 0.25) is 5.02 Å². The molecular formula is C117H105ClF2N24O4S2. The van der Waals surface area contributed by atoms with Crippen LogP contribution in [0, 0.1) is 46.3 Å². The number of amides is 3. The summed E-state index contributed by atoms with van der Waals surface area (Å²) in [6.07, 6.45) is 21.8. The minimum atomic E-state index is -1.01. The Bertz CT molecular complexity index is 8390. The standard InChI is InChI=1S/C26H21N5O.C24H29ClN6OS.C23H19FN6.C22H17FN2OS.C22H19N5O/c1-16-4-2-7-23(30-16)25-21(18-8-9-22-24(14-18)29-11-10-28-22)15-20(31-25)13-17-5-3-6-19(12-17)26(27)32;1-4-8-30-9-11-31(12-10-30)21-13-18(27-17(3)28-21)14-22-26-15-20(33-22)24(32)29-23-16(2)6-5-7-19(23)25;1-15-5-4-8-20(28-15)18-11-17(12-25-21-7-3-2-6-19(21)24)29-23(18)16-9-10-22-26-14-27-30(22)13-16;1-27(26)19-8-4-16(5-9-19)21-14-20(15-2-6-18(23)7-3-15)22(25-21)17-10-12-24-13-11-17;1-13-4-2-5-18(25-13)21-20(19-6-3-11-27(19)26-21)15-9-10-24-17-8-7-14(22(23)28)12-16(15)17/h2-12,14H,13,15H2,1H3,(H2,27,32);5-7,13,15H,4,8-12,14H2,1-3H3,(H,29,32);2-10,13-14,25H,11-12H2,1H3;2-13H,14H2,1H3;2,4-5,7-10,12H,3,6,11H2,1H3,(H2,23,28). The van der Waals surface area contributed by atoms with E-state index >= 15 is 0 Å². The molecule has 7 aromatic carbocycles. The summed E-state index contributed by atoms with van der Waals surface area (Å²) in [6, 6.07) is 74.9. The van der Waals surface area contributed by atoms with E-state index in [-0.39, 0.29) is 17.5 Å². The Labute approximate surface area is 876 Å². The number of piperazine rings is 1. The van der Waals surface area contributed by atoms with E-state index in [2.05, 4.69) is 95.2 Å². The molecule has 150 heavy (non-hydrogen) atoms. The van der Waals surface area contributed by atoms with Gasteiger partial charge in [0, 0.05) is 203 Å². The average Bonchev–Trinajstić information content (AvgIpc) is 1.59. The smallest absolute Gasteiger partial charge is 0.267 e. The molecule has 11 aromatic heterocycles. The first kappa shape index (κ1) is 102. The molecule has 6 N–H and O–H groups in total. The predicted octanol–water partition coefficient (Wildman–Crippen LogP) is 21.6.